The molecule has 2 heterocycles. The summed E-state index contributed by atoms with van der Waals surface area (Å²) in [6.07, 6.45) is 2.10. The Labute approximate surface area is 147 Å². The van der Waals surface area contributed by atoms with E-state index in [9.17, 15) is 10.1 Å². The highest BCUT2D eigenvalue weighted by atomic mass is 35.5. The molecule has 0 aromatic carbocycles. The highest BCUT2D eigenvalue weighted by Gasteiger charge is 2.39. The maximum Gasteiger partial charge on any atom is 0.289 e. The van der Waals surface area contributed by atoms with Crippen molar-refractivity contribution < 1.29 is 9.66 Å². The summed E-state index contributed by atoms with van der Waals surface area (Å²) in [4.78, 5) is 19.1. The average molecular weight is 355 g/mol. The molecule has 8 heteroatoms. The quantitative estimate of drug-likeness (QED) is 0.444. The van der Waals surface area contributed by atoms with Gasteiger partial charge in [0, 0.05) is 39.9 Å². The van der Waals surface area contributed by atoms with Crippen molar-refractivity contribution in [3.8, 4) is 0 Å². The standard InChI is InChI=1S/C16H23ClN4O3/c1-5-24-14-8-11(2)15(21(22)23)16(20(14)4)19(3)10-12-6-7-13(17)18-9-12/h6-7,9,11,14H,5,8,10H2,1-4H3. The van der Waals surface area contributed by atoms with Gasteiger partial charge in [-0.3, -0.25) is 10.1 Å². The summed E-state index contributed by atoms with van der Waals surface area (Å²) in [7, 11) is 3.67. The molecule has 1 aromatic rings. The number of nitrogens with zero attached hydrogens (tertiary/aromatic N) is 4. The number of pyridine rings is 1. The van der Waals surface area contributed by atoms with Gasteiger partial charge in [0.15, 0.2) is 5.82 Å². The van der Waals surface area contributed by atoms with E-state index in [1.165, 1.54) is 0 Å². The highest BCUT2D eigenvalue weighted by Crippen LogP contribution is 2.33. The third kappa shape index (κ3) is 3.96. The van der Waals surface area contributed by atoms with E-state index in [2.05, 4.69) is 4.98 Å². The first-order valence-corrected chi connectivity index (χ1v) is 8.27. The molecular formula is C16H23ClN4O3. The van der Waals surface area contributed by atoms with Crippen LogP contribution in [0.25, 0.3) is 0 Å². The van der Waals surface area contributed by atoms with Crippen molar-refractivity contribution in [3.05, 3.63) is 50.7 Å². The number of rotatable bonds is 6. The molecule has 2 atom stereocenters. The van der Waals surface area contributed by atoms with Crippen LogP contribution >= 0.6 is 11.6 Å². The lowest BCUT2D eigenvalue weighted by Crippen LogP contribution is -2.46. The molecule has 1 aliphatic heterocycles. The number of nitro groups is 1. The zero-order chi connectivity index (χ0) is 17.9. The number of halogens is 1. The minimum absolute atomic E-state index is 0.172. The summed E-state index contributed by atoms with van der Waals surface area (Å²) in [6, 6.07) is 3.58. The van der Waals surface area contributed by atoms with Gasteiger partial charge in [-0.15, -0.1) is 0 Å². The first kappa shape index (κ1) is 18.5. The lowest BCUT2D eigenvalue weighted by Gasteiger charge is -2.40. The Morgan fingerprint density at radius 3 is 2.79 bits per heavy atom. The summed E-state index contributed by atoms with van der Waals surface area (Å²) in [5.41, 5.74) is 1.15. The van der Waals surface area contributed by atoms with Crippen molar-refractivity contribution in [3.63, 3.8) is 0 Å². The van der Waals surface area contributed by atoms with E-state index in [0.717, 1.165) is 5.56 Å². The van der Waals surface area contributed by atoms with E-state index in [1.807, 2.05) is 43.8 Å². The maximum atomic E-state index is 11.6. The van der Waals surface area contributed by atoms with E-state index in [4.69, 9.17) is 16.3 Å². The molecule has 0 saturated heterocycles. The van der Waals surface area contributed by atoms with Crippen LogP contribution < -0.4 is 0 Å². The Morgan fingerprint density at radius 1 is 1.54 bits per heavy atom. The van der Waals surface area contributed by atoms with Gasteiger partial charge in [0.1, 0.15) is 11.4 Å². The Bertz CT molecular complexity index is 620. The van der Waals surface area contributed by atoms with Gasteiger partial charge in [-0.05, 0) is 18.6 Å². The van der Waals surface area contributed by atoms with Gasteiger partial charge in [0.05, 0.1) is 10.8 Å². The SMILES string of the molecule is CCOC1CC(C)C([N+](=O)[O-])=C(N(C)Cc2ccc(Cl)nc2)N1C. The van der Waals surface area contributed by atoms with Crippen molar-refractivity contribution in [2.75, 3.05) is 20.7 Å². The topological polar surface area (TPSA) is 71.7 Å². The molecule has 132 valence electrons. The fourth-order valence-corrected chi connectivity index (χ4v) is 3.17. The molecule has 0 spiro atoms. The normalized spacial score (nSPS) is 21.1. The molecular weight excluding hydrogens is 332 g/mol. The zero-order valence-corrected chi connectivity index (χ0v) is 15.2. The summed E-state index contributed by atoms with van der Waals surface area (Å²) in [5.74, 6) is 0.390. The number of hydrogen-bond donors (Lipinski definition) is 0. The average Bonchev–Trinajstić information content (AvgIpc) is 2.52. The van der Waals surface area contributed by atoms with Crippen LogP contribution in [0.15, 0.2) is 29.8 Å². The fraction of sp³-hybridized carbons (Fsp3) is 0.562. The van der Waals surface area contributed by atoms with E-state index in [-0.39, 0.29) is 22.8 Å². The monoisotopic (exact) mass is 354 g/mol. The molecule has 1 aromatic heterocycles. The second kappa shape index (κ2) is 7.81. The first-order chi connectivity index (χ1) is 11.3. The van der Waals surface area contributed by atoms with Gasteiger partial charge in [-0.25, -0.2) is 4.98 Å². The largest absolute Gasteiger partial charge is 0.359 e. The van der Waals surface area contributed by atoms with Crippen molar-refractivity contribution in [2.45, 2.75) is 33.0 Å². The van der Waals surface area contributed by atoms with Crippen LogP contribution in [0.1, 0.15) is 25.8 Å². The second-order valence-electron chi connectivity index (χ2n) is 5.97. The molecule has 0 saturated carbocycles. The van der Waals surface area contributed by atoms with Crippen LogP contribution in [0, 0.1) is 16.0 Å². The summed E-state index contributed by atoms with van der Waals surface area (Å²) in [5, 5.41) is 12.0. The number of ether oxygens (including phenoxy) is 1. The van der Waals surface area contributed by atoms with Crippen LogP contribution in [-0.4, -0.2) is 46.6 Å². The van der Waals surface area contributed by atoms with Gasteiger partial charge >= 0.3 is 0 Å². The van der Waals surface area contributed by atoms with Crippen LogP contribution in [-0.2, 0) is 11.3 Å². The molecule has 0 bridgehead atoms. The lowest BCUT2D eigenvalue weighted by molar-refractivity contribution is -0.440. The second-order valence-corrected chi connectivity index (χ2v) is 6.36. The van der Waals surface area contributed by atoms with Gasteiger partial charge in [-0.2, -0.15) is 0 Å². The van der Waals surface area contributed by atoms with Crippen LogP contribution in [0.5, 0.6) is 0 Å². The summed E-state index contributed by atoms with van der Waals surface area (Å²) in [6.45, 7) is 4.85. The minimum Gasteiger partial charge on any atom is -0.359 e. The predicted molar refractivity (Wildman–Crippen MR) is 91.7 cm³/mol. The molecule has 0 amide bonds. The molecule has 1 aliphatic rings. The van der Waals surface area contributed by atoms with Crippen molar-refractivity contribution >= 4 is 11.6 Å². The van der Waals surface area contributed by atoms with Gasteiger partial charge in [0.2, 0.25) is 0 Å². The molecule has 0 aliphatic carbocycles. The van der Waals surface area contributed by atoms with Crippen LogP contribution in [0.3, 0.4) is 0 Å². The first-order valence-electron chi connectivity index (χ1n) is 7.89. The predicted octanol–water partition coefficient (Wildman–Crippen LogP) is 2.95. The van der Waals surface area contributed by atoms with E-state index < -0.39 is 0 Å². The van der Waals surface area contributed by atoms with E-state index >= 15 is 0 Å². The van der Waals surface area contributed by atoms with Gasteiger partial charge in [-0.1, -0.05) is 24.6 Å². The number of allylic oxidation sites excluding steroid dienone is 1. The Kier molecular flexibility index (Phi) is 6.01. The van der Waals surface area contributed by atoms with Gasteiger partial charge < -0.3 is 14.5 Å². The zero-order valence-electron chi connectivity index (χ0n) is 14.4. The fourth-order valence-electron chi connectivity index (χ4n) is 3.06. The minimum atomic E-state index is -0.282. The Morgan fingerprint density at radius 2 is 2.25 bits per heavy atom. The molecule has 0 N–H and O–H groups in total. The molecule has 2 rings (SSSR count). The summed E-state index contributed by atoms with van der Waals surface area (Å²) < 4.78 is 5.75. The molecule has 0 radical (unpaired) electrons. The van der Waals surface area contributed by atoms with Crippen LogP contribution in [0.4, 0.5) is 0 Å². The highest BCUT2D eigenvalue weighted by molar-refractivity contribution is 6.29. The smallest absolute Gasteiger partial charge is 0.289 e. The van der Waals surface area contributed by atoms with Gasteiger partial charge in [0.25, 0.3) is 5.70 Å². The number of hydrogen-bond acceptors (Lipinski definition) is 6. The lowest BCUT2D eigenvalue weighted by atomic mass is 9.97. The third-order valence-corrected chi connectivity index (χ3v) is 4.37. The van der Waals surface area contributed by atoms with Crippen molar-refractivity contribution in [2.24, 2.45) is 5.92 Å². The molecule has 24 heavy (non-hydrogen) atoms. The Hall–Kier alpha value is -1.86. The number of aromatic nitrogens is 1. The van der Waals surface area contributed by atoms with Crippen molar-refractivity contribution in [1.29, 1.82) is 0 Å². The molecule has 0 fully saturated rings. The summed E-state index contributed by atoms with van der Waals surface area (Å²) >= 11 is 5.81. The Balaban J connectivity index is 2.33. The molecule has 7 nitrogen and oxygen atoms in total. The molecule has 2 unspecified atom stereocenters. The maximum absolute atomic E-state index is 11.6. The van der Waals surface area contributed by atoms with E-state index in [0.29, 0.717) is 30.5 Å². The third-order valence-electron chi connectivity index (χ3n) is 4.14. The van der Waals surface area contributed by atoms with E-state index in [1.54, 1.807) is 12.3 Å². The van der Waals surface area contributed by atoms with Crippen molar-refractivity contribution in [1.82, 2.24) is 14.8 Å². The van der Waals surface area contributed by atoms with Crippen LogP contribution in [0.2, 0.25) is 5.15 Å².